The van der Waals surface area contributed by atoms with Crippen molar-refractivity contribution in [3.63, 3.8) is 0 Å². The van der Waals surface area contributed by atoms with E-state index in [0.29, 0.717) is 19.5 Å². The topological polar surface area (TPSA) is 72.3 Å². The van der Waals surface area contributed by atoms with Gasteiger partial charge in [0.05, 0.1) is 0 Å². The van der Waals surface area contributed by atoms with Crippen LogP contribution in [0.4, 0.5) is 0 Å². The van der Waals surface area contributed by atoms with Crippen LogP contribution in [-0.2, 0) is 17.9 Å². The van der Waals surface area contributed by atoms with E-state index in [1.54, 1.807) is 0 Å². The van der Waals surface area contributed by atoms with E-state index in [9.17, 15) is 4.79 Å². The molecule has 0 aliphatic carbocycles. The van der Waals surface area contributed by atoms with Crippen molar-refractivity contribution in [1.82, 2.24) is 4.90 Å². The second kappa shape index (κ2) is 7.04. The Morgan fingerprint density at radius 3 is 2.47 bits per heavy atom. The van der Waals surface area contributed by atoms with Gasteiger partial charge in [-0.15, -0.1) is 0 Å². The Bertz CT molecular complexity index is 365. The number of primary amides is 1. The lowest BCUT2D eigenvalue weighted by Gasteiger charge is -2.21. The van der Waals surface area contributed by atoms with Crippen molar-refractivity contribution >= 4 is 5.91 Å². The second-order valence-corrected chi connectivity index (χ2v) is 4.06. The second-order valence-electron chi connectivity index (χ2n) is 4.06. The summed E-state index contributed by atoms with van der Waals surface area (Å²) in [5.41, 5.74) is 13.2. The molecule has 0 bridgehead atoms. The summed E-state index contributed by atoms with van der Waals surface area (Å²) in [5, 5.41) is 0. The molecule has 1 amide bonds. The van der Waals surface area contributed by atoms with Crippen molar-refractivity contribution in [3.05, 3.63) is 35.4 Å². The van der Waals surface area contributed by atoms with Gasteiger partial charge in [0.25, 0.3) is 0 Å². The Hall–Kier alpha value is -1.39. The fourth-order valence-corrected chi connectivity index (χ4v) is 1.77. The molecule has 4 N–H and O–H groups in total. The number of carbonyl (C=O) groups excluding carboxylic acids is 1. The molecule has 17 heavy (non-hydrogen) atoms. The predicted molar refractivity (Wildman–Crippen MR) is 69.1 cm³/mol. The van der Waals surface area contributed by atoms with Crippen molar-refractivity contribution in [2.24, 2.45) is 11.5 Å². The summed E-state index contributed by atoms with van der Waals surface area (Å²) in [6.45, 7) is 5.03. The molecule has 0 saturated heterocycles. The number of carbonyl (C=O) groups is 1. The molecule has 0 aromatic heterocycles. The van der Waals surface area contributed by atoms with Gasteiger partial charge in [0.1, 0.15) is 0 Å². The van der Waals surface area contributed by atoms with Gasteiger partial charge in [-0.1, -0.05) is 31.2 Å². The maximum absolute atomic E-state index is 10.8. The van der Waals surface area contributed by atoms with Crippen LogP contribution in [0.1, 0.15) is 24.5 Å². The van der Waals surface area contributed by atoms with Crippen LogP contribution in [0.3, 0.4) is 0 Å². The van der Waals surface area contributed by atoms with Crippen molar-refractivity contribution in [2.75, 3.05) is 13.1 Å². The third-order valence-corrected chi connectivity index (χ3v) is 2.85. The third-order valence-electron chi connectivity index (χ3n) is 2.85. The van der Waals surface area contributed by atoms with E-state index in [-0.39, 0.29) is 5.91 Å². The molecule has 0 atom stereocenters. The summed E-state index contributed by atoms with van der Waals surface area (Å²) in [7, 11) is 0. The highest BCUT2D eigenvalue weighted by molar-refractivity contribution is 5.73. The number of rotatable bonds is 7. The first-order chi connectivity index (χ1) is 8.17. The average molecular weight is 235 g/mol. The van der Waals surface area contributed by atoms with Crippen LogP contribution in [0.15, 0.2) is 24.3 Å². The Morgan fingerprint density at radius 1 is 1.29 bits per heavy atom. The average Bonchev–Trinajstić information content (AvgIpc) is 2.34. The zero-order valence-corrected chi connectivity index (χ0v) is 10.4. The van der Waals surface area contributed by atoms with Crippen LogP contribution in [0.5, 0.6) is 0 Å². The lowest BCUT2D eigenvalue weighted by Crippen LogP contribution is -2.28. The van der Waals surface area contributed by atoms with Crippen molar-refractivity contribution in [1.29, 1.82) is 0 Å². The van der Waals surface area contributed by atoms with E-state index in [2.05, 4.69) is 17.9 Å². The van der Waals surface area contributed by atoms with Gasteiger partial charge in [0, 0.05) is 26.1 Å². The Labute approximate surface area is 103 Å². The number of hydrogen-bond acceptors (Lipinski definition) is 3. The standard InChI is InChI=1S/C13H21N3O/c1-2-16(8-7-13(15)17)10-12-6-4-3-5-11(12)9-14/h3-6H,2,7-10,14H2,1H3,(H2,15,17). The first-order valence-corrected chi connectivity index (χ1v) is 5.94. The zero-order valence-electron chi connectivity index (χ0n) is 10.4. The number of nitrogens with zero attached hydrogens (tertiary/aromatic N) is 1. The molecule has 0 aliphatic rings. The monoisotopic (exact) mass is 235 g/mol. The maximum atomic E-state index is 10.8. The van der Waals surface area contributed by atoms with E-state index in [4.69, 9.17) is 11.5 Å². The largest absolute Gasteiger partial charge is 0.370 e. The number of hydrogen-bond donors (Lipinski definition) is 2. The van der Waals surface area contributed by atoms with E-state index in [0.717, 1.165) is 18.7 Å². The molecule has 0 radical (unpaired) electrons. The van der Waals surface area contributed by atoms with Gasteiger partial charge in [0.15, 0.2) is 0 Å². The van der Waals surface area contributed by atoms with Crippen LogP contribution in [0.2, 0.25) is 0 Å². The lowest BCUT2D eigenvalue weighted by molar-refractivity contribution is -0.118. The van der Waals surface area contributed by atoms with Crippen molar-refractivity contribution in [2.45, 2.75) is 26.4 Å². The Kier molecular flexibility index (Phi) is 5.66. The molecule has 0 unspecified atom stereocenters. The van der Waals surface area contributed by atoms with Crippen LogP contribution < -0.4 is 11.5 Å². The maximum Gasteiger partial charge on any atom is 0.218 e. The molecule has 4 nitrogen and oxygen atoms in total. The normalized spacial score (nSPS) is 10.8. The lowest BCUT2D eigenvalue weighted by atomic mass is 10.1. The van der Waals surface area contributed by atoms with Gasteiger partial charge < -0.3 is 11.5 Å². The fraction of sp³-hybridized carbons (Fsp3) is 0.462. The number of amides is 1. The Morgan fingerprint density at radius 2 is 1.94 bits per heavy atom. The summed E-state index contributed by atoms with van der Waals surface area (Å²) in [6.07, 6.45) is 0.401. The molecule has 0 saturated carbocycles. The first kappa shape index (κ1) is 13.7. The number of benzene rings is 1. The van der Waals surface area contributed by atoms with E-state index in [1.807, 2.05) is 18.2 Å². The van der Waals surface area contributed by atoms with Crippen molar-refractivity contribution in [3.8, 4) is 0 Å². The zero-order chi connectivity index (χ0) is 12.7. The van der Waals surface area contributed by atoms with Crippen LogP contribution in [-0.4, -0.2) is 23.9 Å². The van der Waals surface area contributed by atoms with Gasteiger partial charge in [-0.3, -0.25) is 9.69 Å². The third kappa shape index (κ3) is 4.54. The molecule has 0 aliphatic heterocycles. The van der Waals surface area contributed by atoms with E-state index < -0.39 is 0 Å². The minimum absolute atomic E-state index is 0.254. The molecule has 94 valence electrons. The molecule has 4 heteroatoms. The van der Waals surface area contributed by atoms with Crippen LogP contribution in [0, 0.1) is 0 Å². The molecule has 1 aromatic rings. The van der Waals surface area contributed by atoms with Crippen molar-refractivity contribution < 1.29 is 4.79 Å². The molecule has 1 rings (SSSR count). The molecule has 0 spiro atoms. The molecular weight excluding hydrogens is 214 g/mol. The van der Waals surface area contributed by atoms with Gasteiger partial charge in [-0.2, -0.15) is 0 Å². The van der Waals surface area contributed by atoms with E-state index >= 15 is 0 Å². The SMILES string of the molecule is CCN(CCC(N)=O)Cc1ccccc1CN. The molecular formula is C13H21N3O. The van der Waals surface area contributed by atoms with Gasteiger partial charge in [-0.05, 0) is 17.7 Å². The quantitative estimate of drug-likeness (QED) is 0.735. The van der Waals surface area contributed by atoms with Crippen LogP contribution in [0.25, 0.3) is 0 Å². The number of nitrogens with two attached hydrogens (primary N) is 2. The minimum atomic E-state index is -0.254. The predicted octanol–water partition coefficient (Wildman–Crippen LogP) is 0.843. The fourth-order valence-electron chi connectivity index (χ4n) is 1.77. The summed E-state index contributed by atoms with van der Waals surface area (Å²) in [5.74, 6) is -0.254. The minimum Gasteiger partial charge on any atom is -0.370 e. The molecule has 0 fully saturated rings. The Balaban J connectivity index is 2.63. The summed E-state index contributed by atoms with van der Waals surface area (Å²) < 4.78 is 0. The highest BCUT2D eigenvalue weighted by Gasteiger charge is 2.07. The summed E-state index contributed by atoms with van der Waals surface area (Å²) in [6, 6.07) is 8.12. The van der Waals surface area contributed by atoms with Crippen LogP contribution >= 0.6 is 0 Å². The molecule has 1 aromatic carbocycles. The van der Waals surface area contributed by atoms with Gasteiger partial charge in [0.2, 0.25) is 5.91 Å². The molecule has 0 heterocycles. The first-order valence-electron chi connectivity index (χ1n) is 5.94. The highest BCUT2D eigenvalue weighted by Crippen LogP contribution is 2.11. The van der Waals surface area contributed by atoms with Gasteiger partial charge in [-0.25, -0.2) is 0 Å². The smallest absolute Gasteiger partial charge is 0.218 e. The highest BCUT2D eigenvalue weighted by atomic mass is 16.1. The summed E-state index contributed by atoms with van der Waals surface area (Å²) in [4.78, 5) is 13.0. The van der Waals surface area contributed by atoms with Gasteiger partial charge >= 0.3 is 0 Å². The summed E-state index contributed by atoms with van der Waals surface area (Å²) >= 11 is 0. The van der Waals surface area contributed by atoms with E-state index in [1.165, 1.54) is 5.56 Å².